The SMILES string of the molecule is O=C(Nc1c(Br)cccc1C(=O)O)c1cccc(O)c1O. The van der Waals surface area contributed by atoms with Crippen LogP contribution >= 0.6 is 15.9 Å². The van der Waals surface area contributed by atoms with E-state index in [0.29, 0.717) is 4.47 Å². The molecule has 0 aliphatic rings. The molecule has 0 heterocycles. The van der Waals surface area contributed by atoms with Gasteiger partial charge in [0, 0.05) is 4.47 Å². The van der Waals surface area contributed by atoms with Crippen LogP contribution in [0.4, 0.5) is 5.69 Å². The van der Waals surface area contributed by atoms with Crippen molar-refractivity contribution in [3.63, 3.8) is 0 Å². The van der Waals surface area contributed by atoms with E-state index in [1.165, 1.54) is 30.3 Å². The number of aromatic hydroxyl groups is 2. The van der Waals surface area contributed by atoms with Crippen LogP contribution < -0.4 is 5.32 Å². The highest BCUT2D eigenvalue weighted by atomic mass is 79.9. The first kappa shape index (κ1) is 14.9. The Hall–Kier alpha value is -2.54. The maximum atomic E-state index is 12.1. The van der Waals surface area contributed by atoms with Crippen molar-refractivity contribution in [1.82, 2.24) is 0 Å². The van der Waals surface area contributed by atoms with Crippen molar-refractivity contribution in [3.8, 4) is 11.5 Å². The average molecular weight is 352 g/mol. The molecule has 1 amide bonds. The van der Waals surface area contributed by atoms with E-state index >= 15 is 0 Å². The summed E-state index contributed by atoms with van der Waals surface area (Å²) in [7, 11) is 0. The second-order valence-corrected chi connectivity index (χ2v) is 4.95. The summed E-state index contributed by atoms with van der Waals surface area (Å²) in [6, 6.07) is 8.36. The number of aromatic carboxylic acids is 1. The number of para-hydroxylation sites is 2. The van der Waals surface area contributed by atoms with E-state index in [0.717, 1.165) is 0 Å². The Morgan fingerprint density at radius 2 is 1.62 bits per heavy atom. The molecule has 2 rings (SSSR count). The summed E-state index contributed by atoms with van der Waals surface area (Å²) in [5.74, 6) is -2.95. The standard InChI is InChI=1S/C14H10BrNO5/c15-9-5-1-3-7(14(20)21)11(9)16-13(19)8-4-2-6-10(17)12(8)18/h1-6,17-18H,(H,16,19)(H,20,21). The van der Waals surface area contributed by atoms with E-state index in [1.54, 1.807) is 6.07 Å². The van der Waals surface area contributed by atoms with Crippen molar-refractivity contribution >= 4 is 33.5 Å². The Kier molecular flexibility index (Phi) is 4.13. The van der Waals surface area contributed by atoms with Crippen LogP contribution in [0.5, 0.6) is 11.5 Å². The molecule has 21 heavy (non-hydrogen) atoms. The first-order valence-corrected chi connectivity index (χ1v) is 6.55. The fraction of sp³-hybridized carbons (Fsp3) is 0. The normalized spacial score (nSPS) is 10.1. The predicted octanol–water partition coefficient (Wildman–Crippen LogP) is 2.81. The van der Waals surface area contributed by atoms with E-state index in [4.69, 9.17) is 5.11 Å². The van der Waals surface area contributed by atoms with Gasteiger partial charge in [-0.3, -0.25) is 4.79 Å². The van der Waals surface area contributed by atoms with Crippen molar-refractivity contribution < 1.29 is 24.9 Å². The Morgan fingerprint density at radius 3 is 2.29 bits per heavy atom. The molecule has 7 heteroatoms. The number of benzene rings is 2. The second-order valence-electron chi connectivity index (χ2n) is 4.09. The molecule has 0 unspecified atom stereocenters. The maximum absolute atomic E-state index is 12.1. The van der Waals surface area contributed by atoms with Gasteiger partial charge in [-0.25, -0.2) is 4.79 Å². The third-order valence-corrected chi connectivity index (χ3v) is 3.40. The summed E-state index contributed by atoms with van der Waals surface area (Å²) >= 11 is 3.16. The molecular weight excluding hydrogens is 342 g/mol. The Labute approximate surface area is 127 Å². The first-order chi connectivity index (χ1) is 9.91. The van der Waals surface area contributed by atoms with Crippen molar-refractivity contribution in [3.05, 3.63) is 52.0 Å². The fourth-order valence-electron chi connectivity index (χ4n) is 1.72. The molecule has 0 fully saturated rings. The zero-order valence-electron chi connectivity index (χ0n) is 10.5. The van der Waals surface area contributed by atoms with E-state index in [2.05, 4.69) is 21.2 Å². The highest BCUT2D eigenvalue weighted by Gasteiger charge is 2.19. The second kappa shape index (κ2) is 5.84. The first-order valence-electron chi connectivity index (χ1n) is 5.76. The van der Waals surface area contributed by atoms with Crippen LogP contribution in [0, 0.1) is 0 Å². The van der Waals surface area contributed by atoms with E-state index in [-0.39, 0.29) is 16.8 Å². The Balaban J connectivity index is 2.41. The van der Waals surface area contributed by atoms with Gasteiger partial charge >= 0.3 is 5.97 Å². The molecule has 0 atom stereocenters. The number of carbonyl (C=O) groups is 2. The Morgan fingerprint density at radius 1 is 1.00 bits per heavy atom. The summed E-state index contributed by atoms with van der Waals surface area (Å²) in [5.41, 5.74) is -0.197. The van der Waals surface area contributed by atoms with Gasteiger partial charge in [-0.15, -0.1) is 0 Å². The molecule has 6 nitrogen and oxygen atoms in total. The third-order valence-electron chi connectivity index (χ3n) is 2.74. The van der Waals surface area contributed by atoms with Crippen LogP contribution in [-0.2, 0) is 0 Å². The molecule has 0 spiro atoms. The van der Waals surface area contributed by atoms with Gasteiger partial charge in [0.25, 0.3) is 5.91 Å². The lowest BCUT2D eigenvalue weighted by Crippen LogP contribution is -2.15. The molecule has 2 aromatic carbocycles. The third kappa shape index (κ3) is 2.97. The summed E-state index contributed by atoms with van der Waals surface area (Å²) in [6.07, 6.45) is 0. The minimum Gasteiger partial charge on any atom is -0.504 e. The summed E-state index contributed by atoms with van der Waals surface area (Å²) in [5, 5.41) is 30.6. The topological polar surface area (TPSA) is 107 Å². The number of nitrogens with one attached hydrogen (secondary N) is 1. The number of rotatable bonds is 3. The number of carboxylic acids is 1. The van der Waals surface area contributed by atoms with Crippen molar-refractivity contribution in [2.75, 3.05) is 5.32 Å². The lowest BCUT2D eigenvalue weighted by Gasteiger charge is -2.11. The largest absolute Gasteiger partial charge is 0.504 e. The number of phenols is 2. The van der Waals surface area contributed by atoms with Gasteiger partial charge < -0.3 is 20.6 Å². The van der Waals surface area contributed by atoms with Crippen LogP contribution in [0.2, 0.25) is 0 Å². The zero-order valence-corrected chi connectivity index (χ0v) is 12.1. The Bertz CT molecular complexity index is 729. The van der Waals surface area contributed by atoms with E-state index in [9.17, 15) is 19.8 Å². The zero-order chi connectivity index (χ0) is 15.6. The minimum atomic E-state index is -1.20. The molecule has 0 saturated carbocycles. The highest BCUT2D eigenvalue weighted by molar-refractivity contribution is 9.10. The monoisotopic (exact) mass is 351 g/mol. The number of anilines is 1. The molecule has 2 aromatic rings. The molecule has 4 N–H and O–H groups in total. The molecule has 0 aromatic heterocycles. The van der Waals surface area contributed by atoms with Crippen molar-refractivity contribution in [2.24, 2.45) is 0 Å². The van der Waals surface area contributed by atoms with E-state index < -0.39 is 23.4 Å². The lowest BCUT2D eigenvalue weighted by atomic mass is 10.1. The van der Waals surface area contributed by atoms with Crippen molar-refractivity contribution in [1.29, 1.82) is 0 Å². The number of carbonyl (C=O) groups excluding carboxylic acids is 1. The number of phenolic OH excluding ortho intramolecular Hbond substituents is 2. The van der Waals surface area contributed by atoms with Gasteiger partial charge in [0.2, 0.25) is 0 Å². The van der Waals surface area contributed by atoms with Gasteiger partial charge in [-0.1, -0.05) is 12.1 Å². The number of carboxylic acid groups (broad SMARTS) is 1. The van der Waals surface area contributed by atoms with Gasteiger partial charge in [0.05, 0.1) is 16.8 Å². The number of halogens is 1. The van der Waals surface area contributed by atoms with Crippen LogP contribution in [0.3, 0.4) is 0 Å². The van der Waals surface area contributed by atoms with Gasteiger partial charge in [0.15, 0.2) is 11.5 Å². The molecule has 0 bridgehead atoms. The quantitative estimate of drug-likeness (QED) is 0.636. The number of hydrogen-bond acceptors (Lipinski definition) is 4. The fourth-order valence-corrected chi connectivity index (χ4v) is 2.19. The van der Waals surface area contributed by atoms with Gasteiger partial charge in [-0.2, -0.15) is 0 Å². The number of amides is 1. The van der Waals surface area contributed by atoms with Crippen molar-refractivity contribution in [2.45, 2.75) is 0 Å². The average Bonchev–Trinajstić information content (AvgIpc) is 2.43. The van der Waals surface area contributed by atoms with E-state index in [1.807, 2.05) is 0 Å². The minimum absolute atomic E-state index is 0.0674. The lowest BCUT2D eigenvalue weighted by molar-refractivity contribution is 0.0698. The molecule has 108 valence electrons. The summed E-state index contributed by atoms with van der Waals surface area (Å²) < 4.78 is 0.385. The maximum Gasteiger partial charge on any atom is 0.337 e. The predicted molar refractivity (Wildman–Crippen MR) is 78.8 cm³/mol. The highest BCUT2D eigenvalue weighted by Crippen LogP contribution is 2.31. The smallest absolute Gasteiger partial charge is 0.337 e. The molecule has 0 saturated heterocycles. The molecule has 0 aliphatic carbocycles. The molecular formula is C14H10BrNO5. The van der Waals surface area contributed by atoms with Crippen LogP contribution in [-0.4, -0.2) is 27.2 Å². The number of hydrogen-bond donors (Lipinski definition) is 4. The van der Waals surface area contributed by atoms with Gasteiger partial charge in [0.1, 0.15) is 0 Å². The summed E-state index contributed by atoms with van der Waals surface area (Å²) in [6.45, 7) is 0. The van der Waals surface area contributed by atoms with Crippen LogP contribution in [0.25, 0.3) is 0 Å². The van der Waals surface area contributed by atoms with Gasteiger partial charge in [-0.05, 0) is 40.2 Å². The molecule has 0 radical (unpaired) electrons. The van der Waals surface area contributed by atoms with Crippen LogP contribution in [0.1, 0.15) is 20.7 Å². The molecule has 0 aliphatic heterocycles. The van der Waals surface area contributed by atoms with Crippen LogP contribution in [0.15, 0.2) is 40.9 Å². The summed E-state index contributed by atoms with van der Waals surface area (Å²) in [4.78, 5) is 23.3.